The number of nitrogens with zero attached hydrogens (tertiary/aromatic N) is 1. The molecule has 5 nitrogen and oxygen atoms in total. The largest absolute Gasteiger partial charge is 0.508 e. The molecule has 22 heavy (non-hydrogen) atoms. The van der Waals surface area contributed by atoms with Gasteiger partial charge in [-0.3, -0.25) is 4.79 Å². The van der Waals surface area contributed by atoms with Crippen molar-refractivity contribution in [3.63, 3.8) is 0 Å². The molecule has 2 aromatic rings. The second kappa shape index (κ2) is 6.46. The molecule has 0 aliphatic heterocycles. The molecule has 0 radical (unpaired) electrons. The third kappa shape index (κ3) is 3.64. The van der Waals surface area contributed by atoms with Crippen LogP contribution in [0, 0.1) is 18.3 Å². The predicted molar refractivity (Wildman–Crippen MR) is 83.2 cm³/mol. The van der Waals surface area contributed by atoms with Crippen LogP contribution in [0.15, 0.2) is 48.0 Å². The number of amides is 1. The summed E-state index contributed by atoms with van der Waals surface area (Å²) in [6.45, 7) is 1.83. The number of hydrogen-bond acceptors (Lipinski definition) is 4. The monoisotopic (exact) mass is 294 g/mol. The summed E-state index contributed by atoms with van der Waals surface area (Å²) < 4.78 is 0. The molecule has 0 saturated carbocycles. The minimum Gasteiger partial charge on any atom is -0.508 e. The summed E-state index contributed by atoms with van der Waals surface area (Å²) in [6, 6.07) is 12.7. The molecule has 0 bridgehead atoms. The minimum atomic E-state index is -0.614. The van der Waals surface area contributed by atoms with Crippen molar-refractivity contribution in [1.82, 2.24) is 0 Å². The molecular formula is C17H14N2O3. The van der Waals surface area contributed by atoms with Gasteiger partial charge in [-0.15, -0.1) is 0 Å². The van der Waals surface area contributed by atoms with Crippen LogP contribution >= 0.6 is 0 Å². The molecule has 5 heteroatoms. The zero-order valence-electron chi connectivity index (χ0n) is 11.9. The summed E-state index contributed by atoms with van der Waals surface area (Å²) in [6.07, 6.45) is 1.40. The van der Waals surface area contributed by atoms with E-state index < -0.39 is 5.91 Å². The Hall–Kier alpha value is -3.26. The number of benzene rings is 2. The predicted octanol–water partition coefficient (Wildman–Crippen LogP) is 2.95. The van der Waals surface area contributed by atoms with Crippen LogP contribution in [-0.4, -0.2) is 16.1 Å². The number of anilines is 1. The number of phenols is 2. The molecular weight excluding hydrogens is 280 g/mol. The van der Waals surface area contributed by atoms with E-state index in [2.05, 4.69) is 5.32 Å². The number of aryl methyl sites for hydroxylation is 1. The van der Waals surface area contributed by atoms with Crippen molar-refractivity contribution in [3.8, 4) is 17.6 Å². The van der Waals surface area contributed by atoms with Gasteiger partial charge in [0.2, 0.25) is 0 Å². The minimum absolute atomic E-state index is 0.0686. The van der Waals surface area contributed by atoms with Gasteiger partial charge in [0, 0.05) is 0 Å². The summed E-state index contributed by atoms with van der Waals surface area (Å²) in [5.74, 6) is -0.581. The molecule has 0 atom stereocenters. The second-order valence-corrected chi connectivity index (χ2v) is 4.74. The molecule has 2 rings (SSSR count). The van der Waals surface area contributed by atoms with Gasteiger partial charge in [0.05, 0.1) is 5.69 Å². The van der Waals surface area contributed by atoms with Gasteiger partial charge in [0.25, 0.3) is 5.91 Å². The number of nitriles is 1. The molecule has 0 aliphatic rings. The van der Waals surface area contributed by atoms with E-state index in [0.717, 1.165) is 5.56 Å². The Bertz CT molecular complexity index is 771. The zero-order valence-corrected chi connectivity index (χ0v) is 11.9. The highest BCUT2D eigenvalue weighted by Gasteiger charge is 2.12. The van der Waals surface area contributed by atoms with Crippen molar-refractivity contribution in [2.75, 3.05) is 5.32 Å². The van der Waals surface area contributed by atoms with Crippen LogP contribution < -0.4 is 5.32 Å². The van der Waals surface area contributed by atoms with Crippen molar-refractivity contribution >= 4 is 17.7 Å². The summed E-state index contributed by atoms with van der Waals surface area (Å²) >= 11 is 0. The molecule has 110 valence electrons. The van der Waals surface area contributed by atoms with Crippen LogP contribution in [0.2, 0.25) is 0 Å². The lowest BCUT2D eigenvalue weighted by atomic mass is 10.1. The first-order valence-corrected chi connectivity index (χ1v) is 6.51. The molecule has 0 heterocycles. The number of phenolic OH excluding ortho intramolecular Hbond substituents is 2. The van der Waals surface area contributed by atoms with Crippen LogP contribution in [0.4, 0.5) is 5.69 Å². The van der Waals surface area contributed by atoms with Crippen LogP contribution in [0.3, 0.4) is 0 Å². The molecule has 1 amide bonds. The maximum atomic E-state index is 12.1. The topological polar surface area (TPSA) is 93.4 Å². The van der Waals surface area contributed by atoms with Gasteiger partial charge in [-0.05, 0) is 48.4 Å². The number of aromatic hydroxyl groups is 2. The van der Waals surface area contributed by atoms with E-state index in [1.165, 1.54) is 24.3 Å². The fraction of sp³-hybridized carbons (Fsp3) is 0.0588. The summed E-state index contributed by atoms with van der Waals surface area (Å²) in [7, 11) is 0. The SMILES string of the molecule is Cc1ccc(O)c(NC(=O)/C(C#N)=C/c2ccc(O)cc2)c1. The summed E-state index contributed by atoms with van der Waals surface area (Å²) in [4.78, 5) is 12.1. The fourth-order valence-electron chi connectivity index (χ4n) is 1.83. The van der Waals surface area contributed by atoms with Gasteiger partial charge >= 0.3 is 0 Å². The lowest BCUT2D eigenvalue weighted by Crippen LogP contribution is -2.13. The normalized spacial score (nSPS) is 10.8. The van der Waals surface area contributed by atoms with Crippen molar-refractivity contribution in [2.45, 2.75) is 6.92 Å². The molecule has 0 spiro atoms. The first kappa shape index (κ1) is 15.1. The highest BCUT2D eigenvalue weighted by molar-refractivity contribution is 6.10. The van der Waals surface area contributed by atoms with E-state index in [1.54, 1.807) is 24.3 Å². The van der Waals surface area contributed by atoms with E-state index in [4.69, 9.17) is 5.26 Å². The van der Waals surface area contributed by atoms with Gasteiger partial charge in [-0.25, -0.2) is 0 Å². The Kier molecular flexibility index (Phi) is 4.44. The molecule has 3 N–H and O–H groups in total. The Morgan fingerprint density at radius 3 is 2.50 bits per heavy atom. The van der Waals surface area contributed by atoms with E-state index in [0.29, 0.717) is 5.56 Å². The third-order valence-corrected chi connectivity index (χ3v) is 2.97. The van der Waals surface area contributed by atoms with E-state index in [1.807, 2.05) is 13.0 Å². The van der Waals surface area contributed by atoms with Crippen molar-refractivity contribution < 1.29 is 15.0 Å². The van der Waals surface area contributed by atoms with E-state index in [9.17, 15) is 15.0 Å². The lowest BCUT2D eigenvalue weighted by Gasteiger charge is -2.07. The zero-order chi connectivity index (χ0) is 16.1. The molecule has 2 aromatic carbocycles. The smallest absolute Gasteiger partial charge is 0.266 e. The Morgan fingerprint density at radius 2 is 1.86 bits per heavy atom. The molecule has 0 saturated heterocycles. The number of nitrogens with one attached hydrogen (secondary N) is 1. The summed E-state index contributed by atoms with van der Waals surface area (Å²) in [5, 5.41) is 30.6. The third-order valence-electron chi connectivity index (χ3n) is 2.97. The molecule has 0 unspecified atom stereocenters. The van der Waals surface area contributed by atoms with E-state index >= 15 is 0 Å². The standard InChI is InChI=1S/C17H14N2O3/c1-11-2-7-16(21)15(8-11)19-17(22)13(10-18)9-12-3-5-14(20)6-4-12/h2-9,20-21H,1H3,(H,19,22)/b13-9+. The average molecular weight is 294 g/mol. The van der Waals surface area contributed by atoms with Crippen molar-refractivity contribution in [1.29, 1.82) is 5.26 Å². The second-order valence-electron chi connectivity index (χ2n) is 4.74. The van der Waals surface area contributed by atoms with Gasteiger partial charge in [0.1, 0.15) is 23.1 Å². The number of carbonyl (C=O) groups is 1. The first-order valence-electron chi connectivity index (χ1n) is 6.51. The van der Waals surface area contributed by atoms with Crippen molar-refractivity contribution in [2.24, 2.45) is 0 Å². The molecule has 0 fully saturated rings. The quantitative estimate of drug-likeness (QED) is 0.461. The lowest BCUT2D eigenvalue weighted by molar-refractivity contribution is -0.112. The number of hydrogen-bond donors (Lipinski definition) is 3. The van der Waals surface area contributed by atoms with Crippen LogP contribution in [-0.2, 0) is 4.79 Å². The van der Waals surface area contributed by atoms with Gasteiger partial charge in [-0.1, -0.05) is 18.2 Å². The first-order chi connectivity index (χ1) is 10.5. The maximum absolute atomic E-state index is 12.1. The summed E-state index contributed by atoms with van der Waals surface area (Å²) in [5.41, 5.74) is 1.62. The van der Waals surface area contributed by atoms with Gasteiger partial charge in [-0.2, -0.15) is 5.26 Å². The molecule has 0 aromatic heterocycles. The highest BCUT2D eigenvalue weighted by atomic mass is 16.3. The van der Waals surface area contributed by atoms with Gasteiger partial charge < -0.3 is 15.5 Å². The average Bonchev–Trinajstić information content (AvgIpc) is 2.50. The maximum Gasteiger partial charge on any atom is 0.266 e. The van der Waals surface area contributed by atoms with Crippen LogP contribution in [0.25, 0.3) is 6.08 Å². The fourth-order valence-corrected chi connectivity index (χ4v) is 1.83. The Morgan fingerprint density at radius 1 is 1.18 bits per heavy atom. The van der Waals surface area contributed by atoms with E-state index in [-0.39, 0.29) is 22.8 Å². The Balaban J connectivity index is 2.24. The highest BCUT2D eigenvalue weighted by Crippen LogP contribution is 2.24. The van der Waals surface area contributed by atoms with Crippen molar-refractivity contribution in [3.05, 3.63) is 59.2 Å². The number of rotatable bonds is 3. The Labute approximate surface area is 127 Å². The number of carbonyl (C=O) groups excluding carboxylic acids is 1. The molecule has 0 aliphatic carbocycles. The van der Waals surface area contributed by atoms with Gasteiger partial charge in [0.15, 0.2) is 0 Å². The van der Waals surface area contributed by atoms with Crippen LogP contribution in [0.1, 0.15) is 11.1 Å². The van der Waals surface area contributed by atoms with Crippen LogP contribution in [0.5, 0.6) is 11.5 Å².